The minimum atomic E-state index is -0.928. The van der Waals surface area contributed by atoms with Gasteiger partial charge in [0.1, 0.15) is 0 Å². The molecule has 1 N–H and O–H groups in total. The summed E-state index contributed by atoms with van der Waals surface area (Å²) in [6, 6.07) is 1.20. The van der Waals surface area contributed by atoms with Crippen molar-refractivity contribution in [1.82, 2.24) is 9.88 Å². The van der Waals surface area contributed by atoms with Crippen LogP contribution in [0.1, 0.15) is 48.6 Å². The molecule has 0 aliphatic carbocycles. The lowest BCUT2D eigenvalue weighted by Crippen LogP contribution is -2.33. The SMILES string of the molecule is CCC1CCC(C)N1Cc1csc(C(=O)O)n1. The van der Waals surface area contributed by atoms with Gasteiger partial charge in [-0.05, 0) is 26.2 Å². The Labute approximate surface area is 105 Å². The highest BCUT2D eigenvalue weighted by Gasteiger charge is 2.29. The summed E-state index contributed by atoms with van der Waals surface area (Å²) < 4.78 is 0. The maximum atomic E-state index is 10.8. The van der Waals surface area contributed by atoms with Crippen LogP contribution in [0.25, 0.3) is 0 Å². The number of aromatic nitrogens is 1. The van der Waals surface area contributed by atoms with Gasteiger partial charge in [-0.1, -0.05) is 6.92 Å². The lowest BCUT2D eigenvalue weighted by molar-refractivity contribution is 0.0696. The summed E-state index contributed by atoms with van der Waals surface area (Å²) in [7, 11) is 0. The van der Waals surface area contributed by atoms with Crippen molar-refractivity contribution < 1.29 is 9.90 Å². The molecule has 2 atom stereocenters. The van der Waals surface area contributed by atoms with Crippen molar-refractivity contribution >= 4 is 17.3 Å². The zero-order valence-electron chi connectivity index (χ0n) is 10.2. The number of hydrogen-bond donors (Lipinski definition) is 1. The average molecular weight is 254 g/mol. The summed E-state index contributed by atoms with van der Waals surface area (Å²) in [5.74, 6) is -0.928. The van der Waals surface area contributed by atoms with E-state index in [-0.39, 0.29) is 5.01 Å². The monoisotopic (exact) mass is 254 g/mol. The second-order valence-corrected chi connectivity index (χ2v) is 5.47. The first kappa shape index (κ1) is 12.5. The van der Waals surface area contributed by atoms with Gasteiger partial charge in [0.2, 0.25) is 5.01 Å². The molecule has 5 heteroatoms. The first-order chi connectivity index (χ1) is 8.11. The smallest absolute Gasteiger partial charge is 0.365 e. The Kier molecular flexibility index (Phi) is 3.79. The molecule has 0 saturated carbocycles. The molecular formula is C12H18N2O2S. The molecule has 0 bridgehead atoms. The molecule has 0 amide bonds. The summed E-state index contributed by atoms with van der Waals surface area (Å²) >= 11 is 1.21. The van der Waals surface area contributed by atoms with E-state index in [4.69, 9.17) is 5.11 Å². The number of likely N-dealkylation sites (tertiary alicyclic amines) is 1. The maximum absolute atomic E-state index is 10.8. The van der Waals surface area contributed by atoms with Gasteiger partial charge in [-0.25, -0.2) is 9.78 Å². The molecule has 0 radical (unpaired) electrons. The Hall–Kier alpha value is -0.940. The number of carboxylic acids is 1. The van der Waals surface area contributed by atoms with Crippen LogP contribution in [-0.2, 0) is 6.54 Å². The third-order valence-electron chi connectivity index (χ3n) is 3.50. The highest BCUT2D eigenvalue weighted by atomic mass is 32.1. The van der Waals surface area contributed by atoms with Gasteiger partial charge in [-0.2, -0.15) is 0 Å². The van der Waals surface area contributed by atoms with Crippen LogP contribution in [0.15, 0.2) is 5.38 Å². The predicted molar refractivity (Wildman–Crippen MR) is 67.4 cm³/mol. The van der Waals surface area contributed by atoms with Crippen LogP contribution in [0.2, 0.25) is 0 Å². The minimum Gasteiger partial charge on any atom is -0.476 e. The second kappa shape index (κ2) is 5.14. The standard InChI is InChI=1S/C12H18N2O2S/c1-3-10-5-4-8(2)14(10)6-9-7-17-11(13-9)12(15)16/h7-8,10H,3-6H2,1-2H3,(H,15,16). The summed E-state index contributed by atoms with van der Waals surface area (Å²) in [6.45, 7) is 5.23. The molecule has 2 unspecified atom stereocenters. The number of thiazole rings is 1. The first-order valence-electron chi connectivity index (χ1n) is 6.05. The van der Waals surface area contributed by atoms with Gasteiger partial charge < -0.3 is 5.11 Å². The summed E-state index contributed by atoms with van der Waals surface area (Å²) in [5, 5.41) is 10.9. The topological polar surface area (TPSA) is 53.4 Å². The van der Waals surface area contributed by atoms with Crippen molar-refractivity contribution in [2.75, 3.05) is 0 Å². The number of aromatic carboxylic acids is 1. The molecule has 0 spiro atoms. The molecule has 94 valence electrons. The molecule has 2 rings (SSSR count). The van der Waals surface area contributed by atoms with Gasteiger partial charge in [-0.15, -0.1) is 11.3 Å². The predicted octanol–water partition coefficient (Wildman–Crippen LogP) is 2.60. The van der Waals surface area contributed by atoms with E-state index in [1.807, 2.05) is 5.38 Å². The molecule has 17 heavy (non-hydrogen) atoms. The van der Waals surface area contributed by atoms with Crippen LogP contribution in [0.3, 0.4) is 0 Å². The Balaban J connectivity index is 2.06. The summed E-state index contributed by atoms with van der Waals surface area (Å²) in [4.78, 5) is 17.4. The molecule has 1 fully saturated rings. The van der Waals surface area contributed by atoms with Gasteiger partial charge in [0.15, 0.2) is 0 Å². The molecule has 1 saturated heterocycles. The van der Waals surface area contributed by atoms with Gasteiger partial charge >= 0.3 is 5.97 Å². The third kappa shape index (κ3) is 2.66. The average Bonchev–Trinajstić information content (AvgIpc) is 2.88. The number of carboxylic acid groups (broad SMARTS) is 1. The van der Waals surface area contributed by atoms with E-state index in [1.165, 1.54) is 24.2 Å². The van der Waals surface area contributed by atoms with Crippen LogP contribution in [0.5, 0.6) is 0 Å². The van der Waals surface area contributed by atoms with Crippen molar-refractivity contribution in [2.24, 2.45) is 0 Å². The minimum absolute atomic E-state index is 0.194. The molecule has 1 aromatic rings. The molecule has 2 heterocycles. The van der Waals surface area contributed by atoms with Crippen LogP contribution >= 0.6 is 11.3 Å². The largest absolute Gasteiger partial charge is 0.476 e. The van der Waals surface area contributed by atoms with Gasteiger partial charge in [0.05, 0.1) is 5.69 Å². The lowest BCUT2D eigenvalue weighted by Gasteiger charge is -2.26. The third-order valence-corrected chi connectivity index (χ3v) is 4.38. The van der Waals surface area contributed by atoms with Crippen molar-refractivity contribution in [3.63, 3.8) is 0 Å². The van der Waals surface area contributed by atoms with Crippen molar-refractivity contribution in [2.45, 2.75) is 51.7 Å². The molecule has 1 aromatic heterocycles. The summed E-state index contributed by atoms with van der Waals surface area (Å²) in [5.41, 5.74) is 0.889. The van der Waals surface area contributed by atoms with Crippen LogP contribution < -0.4 is 0 Å². The van der Waals surface area contributed by atoms with Gasteiger partial charge in [0.25, 0.3) is 0 Å². The number of hydrogen-bond acceptors (Lipinski definition) is 4. The van der Waals surface area contributed by atoms with Crippen LogP contribution in [0.4, 0.5) is 0 Å². The molecule has 1 aliphatic rings. The highest BCUT2D eigenvalue weighted by molar-refractivity contribution is 7.11. The van der Waals surface area contributed by atoms with Crippen molar-refractivity contribution in [3.8, 4) is 0 Å². The van der Waals surface area contributed by atoms with Crippen LogP contribution in [0, 0.1) is 0 Å². The maximum Gasteiger partial charge on any atom is 0.365 e. The zero-order valence-corrected chi connectivity index (χ0v) is 11.0. The van der Waals surface area contributed by atoms with Crippen molar-refractivity contribution in [3.05, 3.63) is 16.1 Å². The Morgan fingerprint density at radius 3 is 3.00 bits per heavy atom. The molecule has 1 aliphatic heterocycles. The first-order valence-corrected chi connectivity index (χ1v) is 6.93. The van der Waals surface area contributed by atoms with E-state index in [9.17, 15) is 4.79 Å². The Bertz CT molecular complexity index is 405. The highest BCUT2D eigenvalue weighted by Crippen LogP contribution is 2.28. The van der Waals surface area contributed by atoms with E-state index in [0.29, 0.717) is 12.1 Å². The fourth-order valence-electron chi connectivity index (χ4n) is 2.51. The second-order valence-electron chi connectivity index (χ2n) is 4.61. The number of carbonyl (C=O) groups is 1. The van der Waals surface area contributed by atoms with E-state index in [0.717, 1.165) is 18.7 Å². The van der Waals surface area contributed by atoms with E-state index >= 15 is 0 Å². The van der Waals surface area contributed by atoms with Gasteiger partial charge in [-0.3, -0.25) is 4.90 Å². The number of rotatable bonds is 4. The Morgan fingerprint density at radius 1 is 1.65 bits per heavy atom. The van der Waals surface area contributed by atoms with Gasteiger partial charge in [0, 0.05) is 24.0 Å². The van der Waals surface area contributed by atoms with E-state index < -0.39 is 5.97 Å². The normalized spacial score (nSPS) is 25.3. The van der Waals surface area contributed by atoms with Crippen molar-refractivity contribution in [1.29, 1.82) is 0 Å². The van der Waals surface area contributed by atoms with Crippen LogP contribution in [-0.4, -0.2) is 33.0 Å². The quantitative estimate of drug-likeness (QED) is 0.897. The fourth-order valence-corrected chi connectivity index (χ4v) is 3.16. The number of nitrogens with zero attached hydrogens (tertiary/aromatic N) is 2. The molecule has 4 nitrogen and oxygen atoms in total. The molecular weight excluding hydrogens is 236 g/mol. The summed E-state index contributed by atoms with van der Waals surface area (Å²) in [6.07, 6.45) is 3.63. The lowest BCUT2D eigenvalue weighted by atomic mass is 10.1. The van der Waals surface area contributed by atoms with E-state index in [1.54, 1.807) is 0 Å². The molecule has 0 aromatic carbocycles. The van der Waals surface area contributed by atoms with E-state index in [2.05, 4.69) is 23.7 Å². The zero-order chi connectivity index (χ0) is 12.4. The Morgan fingerprint density at radius 2 is 2.41 bits per heavy atom. The fraction of sp³-hybridized carbons (Fsp3) is 0.667.